The SMILES string of the molecule is COCCC(c1csc(NS(=O)(=O)C2CC2)n1)c1c(-c2cncc(C(F)(F)F)n2)ccc(C(N)=O)c1F. The van der Waals surface area contributed by atoms with Crippen LogP contribution in [0, 0.1) is 5.82 Å². The van der Waals surface area contributed by atoms with Gasteiger partial charge in [0, 0.05) is 36.1 Å². The number of alkyl halides is 3. The van der Waals surface area contributed by atoms with Gasteiger partial charge in [0.1, 0.15) is 5.82 Å². The molecule has 0 saturated heterocycles. The average Bonchev–Trinajstić information content (AvgIpc) is 3.61. The van der Waals surface area contributed by atoms with E-state index in [2.05, 4.69) is 19.7 Å². The van der Waals surface area contributed by atoms with Gasteiger partial charge in [-0.1, -0.05) is 6.07 Å². The van der Waals surface area contributed by atoms with Gasteiger partial charge in [-0.25, -0.2) is 22.8 Å². The van der Waals surface area contributed by atoms with Crippen LogP contribution in [0.1, 0.15) is 52.5 Å². The van der Waals surface area contributed by atoms with Gasteiger partial charge in [0.25, 0.3) is 5.91 Å². The van der Waals surface area contributed by atoms with E-state index in [-0.39, 0.29) is 40.7 Å². The van der Waals surface area contributed by atoms with Gasteiger partial charge in [-0.05, 0) is 25.3 Å². The number of benzene rings is 1. The summed E-state index contributed by atoms with van der Waals surface area (Å²) in [5, 5.41) is 1.05. The quantitative estimate of drug-likeness (QED) is 0.359. The molecule has 4 rings (SSSR count). The summed E-state index contributed by atoms with van der Waals surface area (Å²) in [5.74, 6) is -3.10. The number of rotatable bonds is 10. The molecule has 37 heavy (non-hydrogen) atoms. The normalized spacial score (nSPS) is 14.9. The molecule has 15 heteroatoms. The van der Waals surface area contributed by atoms with Gasteiger partial charge in [0.2, 0.25) is 10.0 Å². The number of halogens is 4. The van der Waals surface area contributed by atoms with Crippen LogP contribution >= 0.6 is 11.3 Å². The molecular weight excluding hydrogens is 538 g/mol. The maximum absolute atomic E-state index is 15.8. The average molecular weight is 560 g/mol. The number of nitrogens with two attached hydrogens (primary N) is 1. The van der Waals surface area contributed by atoms with Gasteiger partial charge >= 0.3 is 6.18 Å². The maximum Gasteiger partial charge on any atom is 0.434 e. The molecule has 1 fully saturated rings. The van der Waals surface area contributed by atoms with Crippen LogP contribution in [0.4, 0.5) is 22.7 Å². The molecule has 1 saturated carbocycles. The van der Waals surface area contributed by atoms with Crippen molar-refractivity contribution in [2.45, 2.75) is 36.6 Å². The Morgan fingerprint density at radius 3 is 2.62 bits per heavy atom. The van der Waals surface area contributed by atoms with E-state index in [0.29, 0.717) is 19.0 Å². The summed E-state index contributed by atoms with van der Waals surface area (Å²) < 4.78 is 87.9. The van der Waals surface area contributed by atoms with Crippen molar-refractivity contribution in [1.29, 1.82) is 0 Å². The van der Waals surface area contributed by atoms with Crippen LogP contribution in [-0.2, 0) is 20.9 Å². The lowest BCUT2D eigenvalue weighted by Crippen LogP contribution is -2.18. The van der Waals surface area contributed by atoms with E-state index in [0.717, 1.165) is 23.6 Å². The fraction of sp³-hybridized carbons (Fsp3) is 0.364. The van der Waals surface area contributed by atoms with E-state index in [4.69, 9.17) is 10.5 Å². The van der Waals surface area contributed by atoms with Crippen LogP contribution < -0.4 is 10.5 Å². The second kappa shape index (κ2) is 10.3. The first-order valence-electron chi connectivity index (χ1n) is 10.9. The van der Waals surface area contributed by atoms with Crippen molar-refractivity contribution >= 4 is 32.4 Å². The Kier molecular flexibility index (Phi) is 7.48. The minimum Gasteiger partial charge on any atom is -0.385 e. The highest BCUT2D eigenvalue weighted by Gasteiger charge is 2.37. The monoisotopic (exact) mass is 559 g/mol. The molecule has 1 atom stereocenters. The fourth-order valence-corrected chi connectivity index (χ4v) is 6.09. The van der Waals surface area contributed by atoms with Gasteiger partial charge in [-0.15, -0.1) is 11.3 Å². The van der Waals surface area contributed by atoms with Crippen molar-refractivity contribution in [2.24, 2.45) is 5.73 Å². The molecule has 1 unspecified atom stereocenters. The summed E-state index contributed by atoms with van der Waals surface area (Å²) in [7, 11) is -2.21. The molecule has 0 radical (unpaired) electrons. The minimum absolute atomic E-state index is 0.0520. The van der Waals surface area contributed by atoms with Crippen molar-refractivity contribution in [3.8, 4) is 11.3 Å². The number of aromatic nitrogens is 3. The third-order valence-corrected chi connectivity index (χ3v) is 8.41. The number of ether oxygens (including phenoxy) is 1. The number of primary amides is 1. The summed E-state index contributed by atoms with van der Waals surface area (Å²) in [6.45, 7) is 0.0826. The van der Waals surface area contributed by atoms with E-state index >= 15 is 4.39 Å². The Morgan fingerprint density at radius 2 is 2.00 bits per heavy atom. The molecule has 3 N–H and O–H groups in total. The van der Waals surface area contributed by atoms with Crippen molar-refractivity contribution in [2.75, 3.05) is 18.4 Å². The molecule has 2 aromatic heterocycles. The minimum atomic E-state index is -4.80. The third kappa shape index (κ3) is 5.88. The molecule has 0 bridgehead atoms. The third-order valence-electron chi connectivity index (χ3n) is 5.68. The van der Waals surface area contributed by atoms with E-state index in [1.54, 1.807) is 0 Å². The van der Waals surface area contributed by atoms with Crippen molar-refractivity contribution in [3.05, 3.63) is 58.2 Å². The lowest BCUT2D eigenvalue weighted by atomic mass is 9.86. The fourth-order valence-electron chi connectivity index (χ4n) is 3.73. The van der Waals surface area contributed by atoms with Gasteiger partial charge in [0.05, 0.1) is 34.6 Å². The number of methoxy groups -OCH3 is 1. The van der Waals surface area contributed by atoms with E-state index in [1.807, 2.05) is 0 Å². The van der Waals surface area contributed by atoms with Crippen molar-refractivity contribution in [1.82, 2.24) is 15.0 Å². The Balaban J connectivity index is 1.86. The lowest BCUT2D eigenvalue weighted by molar-refractivity contribution is -0.141. The summed E-state index contributed by atoms with van der Waals surface area (Å²) in [5.41, 5.74) is 3.25. The zero-order chi connectivity index (χ0) is 27.0. The number of thiazole rings is 1. The van der Waals surface area contributed by atoms with Crippen molar-refractivity contribution < 1.29 is 35.5 Å². The number of sulfonamides is 1. The van der Waals surface area contributed by atoms with Gasteiger partial charge in [0.15, 0.2) is 10.8 Å². The molecule has 3 aromatic rings. The smallest absolute Gasteiger partial charge is 0.385 e. The standard InChI is InChI=1S/C22H21F4N5O4S2/c1-35-7-6-13(16-10-36-21(30-16)31-37(33,34)11-2-3-11)18-12(4-5-14(19(18)23)20(27)32)15-8-28-9-17(29-15)22(24,25)26/h4-5,8-11,13H,2-3,6-7H2,1H3,(H2,27,32)(H,30,31). The Hall–Kier alpha value is -3.17. The van der Waals surface area contributed by atoms with Crippen LogP contribution in [0.3, 0.4) is 0 Å². The first kappa shape index (κ1) is 26.9. The summed E-state index contributed by atoms with van der Waals surface area (Å²) in [6, 6.07) is 2.30. The highest BCUT2D eigenvalue weighted by Crippen LogP contribution is 2.40. The molecule has 1 aliphatic carbocycles. The number of nitrogens with zero attached hydrogens (tertiary/aromatic N) is 3. The first-order chi connectivity index (χ1) is 17.4. The number of amides is 1. The van der Waals surface area contributed by atoms with E-state index in [1.165, 1.54) is 18.6 Å². The van der Waals surface area contributed by atoms with Gasteiger partial charge < -0.3 is 10.5 Å². The van der Waals surface area contributed by atoms with Crippen LogP contribution in [0.5, 0.6) is 0 Å². The maximum atomic E-state index is 15.8. The predicted octanol–water partition coefficient (Wildman–Crippen LogP) is 3.93. The van der Waals surface area contributed by atoms with E-state index in [9.17, 15) is 26.4 Å². The van der Waals surface area contributed by atoms with Crippen LogP contribution in [0.15, 0.2) is 29.9 Å². The molecule has 9 nitrogen and oxygen atoms in total. The predicted molar refractivity (Wildman–Crippen MR) is 127 cm³/mol. The molecular formula is C22H21F4N5O4S2. The molecule has 2 heterocycles. The molecule has 198 valence electrons. The molecule has 0 aliphatic heterocycles. The Morgan fingerprint density at radius 1 is 1.27 bits per heavy atom. The number of hydrogen-bond donors (Lipinski definition) is 2. The van der Waals surface area contributed by atoms with Gasteiger partial charge in [-0.3, -0.25) is 14.5 Å². The molecule has 0 spiro atoms. The number of carbonyl (C=O) groups excluding carboxylic acids is 1. The number of anilines is 1. The topological polar surface area (TPSA) is 137 Å². The number of hydrogen-bond acceptors (Lipinski definition) is 8. The zero-order valence-corrected chi connectivity index (χ0v) is 20.9. The highest BCUT2D eigenvalue weighted by molar-refractivity contribution is 7.93. The lowest BCUT2D eigenvalue weighted by Gasteiger charge is -2.21. The first-order valence-corrected chi connectivity index (χ1v) is 13.3. The zero-order valence-electron chi connectivity index (χ0n) is 19.3. The summed E-state index contributed by atoms with van der Waals surface area (Å²) in [4.78, 5) is 23.4. The second-order valence-electron chi connectivity index (χ2n) is 8.30. The Bertz CT molecular complexity index is 1420. The summed E-state index contributed by atoms with van der Waals surface area (Å²) >= 11 is 0.969. The largest absolute Gasteiger partial charge is 0.434 e. The number of carbonyl (C=O) groups is 1. The molecule has 1 aromatic carbocycles. The molecule has 1 amide bonds. The van der Waals surface area contributed by atoms with Crippen LogP contribution in [0.2, 0.25) is 0 Å². The van der Waals surface area contributed by atoms with Gasteiger partial charge in [-0.2, -0.15) is 13.2 Å². The Labute approximate surface area is 213 Å². The summed E-state index contributed by atoms with van der Waals surface area (Å²) in [6.07, 6.45) is -2.05. The van der Waals surface area contributed by atoms with Crippen molar-refractivity contribution in [3.63, 3.8) is 0 Å². The second-order valence-corrected chi connectivity index (χ2v) is 11.1. The van der Waals surface area contributed by atoms with Crippen LogP contribution in [-0.4, -0.2) is 48.2 Å². The number of nitrogens with one attached hydrogen (secondary N) is 1. The highest BCUT2D eigenvalue weighted by atomic mass is 32.2. The van der Waals surface area contributed by atoms with E-state index < -0.39 is 50.3 Å². The molecule has 1 aliphatic rings. The van der Waals surface area contributed by atoms with Crippen LogP contribution in [0.25, 0.3) is 11.3 Å².